The second-order valence-corrected chi connectivity index (χ2v) is 4.91. The predicted molar refractivity (Wildman–Crippen MR) is 83.7 cm³/mol. The molecule has 0 atom stereocenters. The molecule has 0 aromatic heterocycles. The van der Waals surface area contributed by atoms with Gasteiger partial charge in [-0.25, -0.2) is 0 Å². The van der Waals surface area contributed by atoms with Crippen LogP contribution in [-0.4, -0.2) is 45.7 Å². The first kappa shape index (κ1) is 15.9. The molecule has 2 amide bonds. The van der Waals surface area contributed by atoms with Crippen molar-refractivity contribution in [3.63, 3.8) is 0 Å². The third kappa shape index (κ3) is 3.24. The van der Waals surface area contributed by atoms with Gasteiger partial charge in [-0.1, -0.05) is 6.92 Å². The number of hydrogen-bond acceptors (Lipinski definition) is 5. The van der Waals surface area contributed by atoms with E-state index in [9.17, 15) is 9.59 Å². The minimum Gasteiger partial charge on any atom is -0.493 e. The van der Waals surface area contributed by atoms with E-state index in [1.165, 1.54) is 12.0 Å². The molecule has 0 spiro atoms. The van der Waals surface area contributed by atoms with Gasteiger partial charge < -0.3 is 20.1 Å². The highest BCUT2D eigenvalue weighted by atomic mass is 16.5. The van der Waals surface area contributed by atoms with Crippen LogP contribution in [0.25, 0.3) is 0 Å². The van der Waals surface area contributed by atoms with Gasteiger partial charge in [-0.2, -0.15) is 0 Å². The zero-order valence-electron chi connectivity index (χ0n) is 13.1. The average Bonchev–Trinajstić information content (AvgIpc) is 2.54. The molecule has 7 nitrogen and oxygen atoms in total. The van der Waals surface area contributed by atoms with Crippen molar-refractivity contribution in [3.8, 4) is 11.5 Å². The van der Waals surface area contributed by atoms with Crippen molar-refractivity contribution in [2.24, 2.45) is 0 Å². The number of carbonyl (C=O) groups is 2. The number of rotatable bonds is 6. The number of hydrogen-bond donors (Lipinski definition) is 2. The zero-order valence-corrected chi connectivity index (χ0v) is 13.1. The topological polar surface area (TPSA) is 79.9 Å². The van der Waals surface area contributed by atoms with Crippen LogP contribution in [0.3, 0.4) is 0 Å². The molecule has 2 rings (SSSR count). The summed E-state index contributed by atoms with van der Waals surface area (Å²) in [5.41, 5.74) is 1.35. The minimum absolute atomic E-state index is 0.0109. The Kier molecular flexibility index (Phi) is 5.08. The molecule has 1 aromatic carbocycles. The maximum absolute atomic E-state index is 12.1. The van der Waals surface area contributed by atoms with Gasteiger partial charge in [0.25, 0.3) is 0 Å². The van der Waals surface area contributed by atoms with E-state index in [0.29, 0.717) is 23.7 Å². The van der Waals surface area contributed by atoms with E-state index < -0.39 is 0 Å². The van der Waals surface area contributed by atoms with E-state index in [-0.39, 0.29) is 24.9 Å². The summed E-state index contributed by atoms with van der Waals surface area (Å²) in [5, 5.41) is 5.80. The fourth-order valence-electron chi connectivity index (χ4n) is 2.27. The maximum Gasteiger partial charge on any atom is 0.246 e. The number of methoxy groups -OCH3 is 2. The van der Waals surface area contributed by atoms with Gasteiger partial charge in [-0.3, -0.25) is 14.5 Å². The summed E-state index contributed by atoms with van der Waals surface area (Å²) >= 11 is 0. The highest BCUT2D eigenvalue weighted by molar-refractivity contribution is 6.06. The quantitative estimate of drug-likeness (QED) is 0.819. The summed E-state index contributed by atoms with van der Waals surface area (Å²) < 4.78 is 10.5. The summed E-state index contributed by atoms with van der Waals surface area (Å²) in [6.45, 7) is 2.70. The monoisotopic (exact) mass is 307 g/mol. The molecule has 0 saturated carbocycles. The van der Waals surface area contributed by atoms with Crippen LogP contribution in [0.1, 0.15) is 13.3 Å². The smallest absolute Gasteiger partial charge is 0.246 e. The van der Waals surface area contributed by atoms with E-state index in [1.54, 1.807) is 19.2 Å². The van der Waals surface area contributed by atoms with Crippen molar-refractivity contribution < 1.29 is 19.1 Å². The Labute approximate surface area is 129 Å². The molecular weight excluding hydrogens is 286 g/mol. The molecule has 1 aliphatic rings. The molecule has 0 radical (unpaired) electrons. The summed E-state index contributed by atoms with van der Waals surface area (Å²) in [7, 11) is 3.08. The standard InChI is InChI=1S/C15H21N3O4/c1-4-5-16-14(19)9-18-11-7-13(22-3)12(21-2)6-10(11)17-8-15(18)20/h6-7,17H,4-5,8-9H2,1-3H3,(H,16,19). The highest BCUT2D eigenvalue weighted by Gasteiger charge is 2.27. The first-order valence-corrected chi connectivity index (χ1v) is 7.17. The fourth-order valence-corrected chi connectivity index (χ4v) is 2.27. The van der Waals surface area contributed by atoms with Crippen molar-refractivity contribution in [2.75, 3.05) is 44.1 Å². The van der Waals surface area contributed by atoms with Gasteiger partial charge in [0.2, 0.25) is 11.8 Å². The fraction of sp³-hybridized carbons (Fsp3) is 0.467. The van der Waals surface area contributed by atoms with Crippen LogP contribution in [0.2, 0.25) is 0 Å². The van der Waals surface area contributed by atoms with Crippen LogP contribution in [0.4, 0.5) is 11.4 Å². The Morgan fingerprint density at radius 2 is 2.00 bits per heavy atom. The van der Waals surface area contributed by atoms with Crippen LogP contribution < -0.4 is 25.0 Å². The number of fused-ring (bicyclic) bond motifs is 1. The van der Waals surface area contributed by atoms with Crippen LogP contribution in [0.15, 0.2) is 12.1 Å². The van der Waals surface area contributed by atoms with E-state index in [0.717, 1.165) is 12.1 Å². The minimum atomic E-state index is -0.183. The third-order valence-electron chi connectivity index (χ3n) is 3.40. The van der Waals surface area contributed by atoms with Crippen molar-refractivity contribution in [1.29, 1.82) is 0 Å². The lowest BCUT2D eigenvalue weighted by Gasteiger charge is -2.30. The predicted octanol–water partition coefficient (Wildman–Crippen LogP) is 0.988. The number of ether oxygens (including phenoxy) is 2. The molecule has 1 aromatic rings. The summed E-state index contributed by atoms with van der Waals surface area (Å²) in [6, 6.07) is 3.46. The second kappa shape index (κ2) is 7.02. The molecule has 0 fully saturated rings. The Bertz CT molecular complexity index is 574. The van der Waals surface area contributed by atoms with Gasteiger partial charge in [0.1, 0.15) is 6.54 Å². The van der Waals surface area contributed by atoms with Crippen molar-refractivity contribution >= 4 is 23.2 Å². The largest absolute Gasteiger partial charge is 0.493 e. The highest BCUT2D eigenvalue weighted by Crippen LogP contribution is 2.39. The Morgan fingerprint density at radius 1 is 1.32 bits per heavy atom. The average molecular weight is 307 g/mol. The van der Waals surface area contributed by atoms with Crippen molar-refractivity contribution in [3.05, 3.63) is 12.1 Å². The van der Waals surface area contributed by atoms with Gasteiger partial charge in [0.05, 0.1) is 32.1 Å². The van der Waals surface area contributed by atoms with E-state index in [2.05, 4.69) is 10.6 Å². The summed E-state index contributed by atoms with van der Waals surface area (Å²) in [5.74, 6) is 0.736. The number of benzene rings is 1. The summed E-state index contributed by atoms with van der Waals surface area (Å²) in [6.07, 6.45) is 0.850. The van der Waals surface area contributed by atoms with E-state index in [4.69, 9.17) is 9.47 Å². The SMILES string of the molecule is CCCNC(=O)CN1C(=O)CNc2cc(OC)c(OC)cc21. The van der Waals surface area contributed by atoms with Crippen LogP contribution in [0.5, 0.6) is 11.5 Å². The first-order chi connectivity index (χ1) is 10.6. The normalized spacial score (nSPS) is 13.2. The zero-order chi connectivity index (χ0) is 16.1. The molecule has 1 aliphatic heterocycles. The molecule has 22 heavy (non-hydrogen) atoms. The molecule has 7 heteroatoms. The number of anilines is 2. The molecule has 0 aliphatic carbocycles. The Hall–Kier alpha value is -2.44. The van der Waals surface area contributed by atoms with Crippen LogP contribution in [0, 0.1) is 0 Å². The lowest BCUT2D eigenvalue weighted by molar-refractivity contribution is -0.123. The lowest BCUT2D eigenvalue weighted by atomic mass is 10.1. The van der Waals surface area contributed by atoms with Crippen molar-refractivity contribution in [2.45, 2.75) is 13.3 Å². The van der Waals surface area contributed by atoms with Gasteiger partial charge in [-0.15, -0.1) is 0 Å². The third-order valence-corrected chi connectivity index (χ3v) is 3.40. The molecule has 0 unspecified atom stereocenters. The molecule has 2 N–H and O–H groups in total. The maximum atomic E-state index is 12.1. The molecule has 0 bridgehead atoms. The van der Waals surface area contributed by atoms with Gasteiger partial charge in [0, 0.05) is 18.7 Å². The van der Waals surface area contributed by atoms with E-state index in [1.807, 2.05) is 6.92 Å². The summed E-state index contributed by atoms with van der Waals surface area (Å²) in [4.78, 5) is 25.5. The molecule has 1 heterocycles. The molecular formula is C15H21N3O4. The van der Waals surface area contributed by atoms with Crippen LogP contribution >= 0.6 is 0 Å². The lowest BCUT2D eigenvalue weighted by Crippen LogP contribution is -2.45. The number of carbonyl (C=O) groups excluding carboxylic acids is 2. The molecule has 0 saturated heterocycles. The van der Waals surface area contributed by atoms with Crippen molar-refractivity contribution in [1.82, 2.24) is 5.32 Å². The van der Waals surface area contributed by atoms with Gasteiger partial charge >= 0.3 is 0 Å². The second-order valence-electron chi connectivity index (χ2n) is 4.91. The Morgan fingerprint density at radius 3 is 2.64 bits per heavy atom. The number of nitrogens with zero attached hydrogens (tertiary/aromatic N) is 1. The molecule has 120 valence electrons. The van der Waals surface area contributed by atoms with E-state index >= 15 is 0 Å². The van der Waals surface area contributed by atoms with Crippen LogP contribution in [-0.2, 0) is 9.59 Å². The first-order valence-electron chi connectivity index (χ1n) is 7.17. The number of nitrogens with one attached hydrogen (secondary N) is 2. The Balaban J connectivity index is 2.29. The van der Waals surface area contributed by atoms with Gasteiger partial charge in [0.15, 0.2) is 11.5 Å². The van der Waals surface area contributed by atoms with Gasteiger partial charge in [-0.05, 0) is 6.42 Å². The number of amides is 2.